The summed E-state index contributed by atoms with van der Waals surface area (Å²) in [7, 11) is 0. The SMILES string of the molecule is CCOC(=O)CCCCCc1nc(-c2ccc(F)cc2)c(-c2ccc(F)cc2)o1. The van der Waals surface area contributed by atoms with Crippen LogP contribution in [0.5, 0.6) is 0 Å². The standard InChI is InChI=1S/C23H23F2NO3/c1-2-28-21(27)7-5-3-4-6-20-26-22(16-8-12-18(24)13-9-16)23(29-20)17-10-14-19(25)15-11-17/h8-15H,2-7H2,1H3. The molecule has 1 heterocycles. The molecule has 2 aromatic carbocycles. The Morgan fingerprint density at radius 2 is 1.55 bits per heavy atom. The minimum Gasteiger partial charge on any atom is -0.466 e. The van der Waals surface area contributed by atoms with Gasteiger partial charge < -0.3 is 9.15 Å². The summed E-state index contributed by atoms with van der Waals surface area (Å²) >= 11 is 0. The van der Waals surface area contributed by atoms with E-state index in [1.165, 1.54) is 24.3 Å². The molecule has 1 aromatic heterocycles. The lowest BCUT2D eigenvalue weighted by Gasteiger charge is -2.02. The molecule has 0 saturated heterocycles. The van der Waals surface area contributed by atoms with Gasteiger partial charge in [0.1, 0.15) is 17.3 Å². The zero-order valence-corrected chi connectivity index (χ0v) is 16.3. The maximum absolute atomic E-state index is 13.3. The summed E-state index contributed by atoms with van der Waals surface area (Å²) in [6.45, 7) is 2.19. The van der Waals surface area contributed by atoms with Gasteiger partial charge in [-0.2, -0.15) is 0 Å². The normalized spacial score (nSPS) is 10.9. The molecule has 0 amide bonds. The molecular formula is C23H23F2NO3. The van der Waals surface area contributed by atoms with E-state index in [1.807, 2.05) is 0 Å². The van der Waals surface area contributed by atoms with Gasteiger partial charge in [0.15, 0.2) is 11.7 Å². The van der Waals surface area contributed by atoms with Crippen molar-refractivity contribution in [2.75, 3.05) is 6.61 Å². The Morgan fingerprint density at radius 3 is 2.17 bits per heavy atom. The third kappa shape index (κ3) is 5.73. The van der Waals surface area contributed by atoms with E-state index < -0.39 is 0 Å². The Hall–Kier alpha value is -3.02. The fraction of sp³-hybridized carbons (Fsp3) is 0.304. The molecule has 0 saturated carbocycles. The van der Waals surface area contributed by atoms with E-state index >= 15 is 0 Å². The first-order chi connectivity index (χ1) is 14.1. The molecule has 3 rings (SSSR count). The molecule has 29 heavy (non-hydrogen) atoms. The van der Waals surface area contributed by atoms with Gasteiger partial charge in [-0.25, -0.2) is 13.8 Å². The molecule has 0 spiro atoms. The van der Waals surface area contributed by atoms with Crippen LogP contribution in [0.15, 0.2) is 52.9 Å². The number of aryl methyl sites for hydroxylation is 1. The number of unbranched alkanes of at least 4 members (excludes halogenated alkanes) is 2. The number of aromatic nitrogens is 1. The van der Waals surface area contributed by atoms with Crippen molar-refractivity contribution in [1.29, 1.82) is 0 Å². The first kappa shape index (κ1) is 20.7. The molecule has 4 nitrogen and oxygen atoms in total. The predicted molar refractivity (Wildman–Crippen MR) is 106 cm³/mol. The van der Waals surface area contributed by atoms with Gasteiger partial charge in [-0.3, -0.25) is 4.79 Å². The van der Waals surface area contributed by atoms with Gasteiger partial charge in [0.05, 0.1) is 6.61 Å². The fourth-order valence-electron chi connectivity index (χ4n) is 3.03. The van der Waals surface area contributed by atoms with Crippen molar-refractivity contribution in [3.05, 3.63) is 66.1 Å². The summed E-state index contributed by atoms with van der Waals surface area (Å²) in [6, 6.07) is 12.0. The Labute approximate surface area is 168 Å². The lowest BCUT2D eigenvalue weighted by Crippen LogP contribution is -2.03. The number of hydrogen-bond acceptors (Lipinski definition) is 4. The Morgan fingerprint density at radius 1 is 0.931 bits per heavy atom. The quantitative estimate of drug-likeness (QED) is 0.329. The smallest absolute Gasteiger partial charge is 0.305 e. The van der Waals surface area contributed by atoms with Crippen molar-refractivity contribution < 1.29 is 22.7 Å². The summed E-state index contributed by atoms with van der Waals surface area (Å²) in [5.41, 5.74) is 2.02. The summed E-state index contributed by atoms with van der Waals surface area (Å²) in [5.74, 6) is 0.236. The molecule has 0 unspecified atom stereocenters. The number of carbonyl (C=O) groups is 1. The number of esters is 1. The van der Waals surface area contributed by atoms with Gasteiger partial charge in [-0.1, -0.05) is 6.42 Å². The molecule has 0 fully saturated rings. The summed E-state index contributed by atoms with van der Waals surface area (Å²) in [6.07, 6.45) is 3.42. The van der Waals surface area contributed by atoms with Crippen LogP contribution in [0.25, 0.3) is 22.6 Å². The van der Waals surface area contributed by atoms with Gasteiger partial charge in [0.25, 0.3) is 0 Å². The van der Waals surface area contributed by atoms with Crippen LogP contribution in [0.1, 0.15) is 38.5 Å². The van der Waals surface area contributed by atoms with E-state index in [0.29, 0.717) is 42.4 Å². The average molecular weight is 399 g/mol. The zero-order chi connectivity index (χ0) is 20.6. The molecule has 0 bridgehead atoms. The Kier molecular flexibility index (Phi) is 7.11. The highest BCUT2D eigenvalue weighted by Gasteiger charge is 2.17. The first-order valence-electron chi connectivity index (χ1n) is 9.74. The second kappa shape index (κ2) is 9.96. The van der Waals surface area contributed by atoms with Crippen LogP contribution < -0.4 is 0 Å². The molecule has 0 N–H and O–H groups in total. The Balaban J connectivity index is 1.73. The van der Waals surface area contributed by atoms with Crippen LogP contribution in [0.3, 0.4) is 0 Å². The van der Waals surface area contributed by atoms with E-state index in [9.17, 15) is 13.6 Å². The van der Waals surface area contributed by atoms with Crippen LogP contribution in [-0.2, 0) is 16.0 Å². The van der Waals surface area contributed by atoms with Crippen molar-refractivity contribution >= 4 is 5.97 Å². The van der Waals surface area contributed by atoms with Gasteiger partial charge in [0.2, 0.25) is 0 Å². The van der Waals surface area contributed by atoms with E-state index in [4.69, 9.17) is 9.15 Å². The van der Waals surface area contributed by atoms with E-state index in [2.05, 4.69) is 4.98 Å². The minimum atomic E-state index is -0.335. The van der Waals surface area contributed by atoms with E-state index in [0.717, 1.165) is 24.8 Å². The lowest BCUT2D eigenvalue weighted by molar-refractivity contribution is -0.143. The number of oxazole rings is 1. The van der Waals surface area contributed by atoms with Gasteiger partial charge in [0, 0.05) is 24.0 Å². The van der Waals surface area contributed by atoms with Crippen molar-refractivity contribution in [2.24, 2.45) is 0 Å². The lowest BCUT2D eigenvalue weighted by atomic mass is 10.1. The first-order valence-corrected chi connectivity index (χ1v) is 9.74. The van der Waals surface area contributed by atoms with Crippen LogP contribution in [0.4, 0.5) is 8.78 Å². The van der Waals surface area contributed by atoms with Crippen LogP contribution >= 0.6 is 0 Å². The zero-order valence-electron chi connectivity index (χ0n) is 16.3. The number of carbonyl (C=O) groups excluding carboxylic acids is 1. The van der Waals surface area contributed by atoms with Crippen molar-refractivity contribution in [2.45, 2.75) is 39.0 Å². The molecule has 0 aliphatic heterocycles. The van der Waals surface area contributed by atoms with Gasteiger partial charge in [-0.15, -0.1) is 0 Å². The number of nitrogens with zero attached hydrogens (tertiary/aromatic N) is 1. The number of benzene rings is 2. The second-order valence-electron chi connectivity index (χ2n) is 6.66. The van der Waals surface area contributed by atoms with Crippen LogP contribution in [-0.4, -0.2) is 17.6 Å². The topological polar surface area (TPSA) is 52.3 Å². The molecular weight excluding hydrogens is 376 g/mol. The molecule has 0 aliphatic carbocycles. The third-order valence-corrected chi connectivity index (χ3v) is 4.47. The highest BCUT2D eigenvalue weighted by atomic mass is 19.1. The Bertz CT molecular complexity index is 871. The average Bonchev–Trinajstić information content (AvgIpc) is 3.13. The van der Waals surface area contributed by atoms with E-state index in [1.54, 1.807) is 31.2 Å². The largest absolute Gasteiger partial charge is 0.466 e. The van der Waals surface area contributed by atoms with Gasteiger partial charge >= 0.3 is 5.97 Å². The van der Waals surface area contributed by atoms with Crippen molar-refractivity contribution in [3.63, 3.8) is 0 Å². The molecule has 0 radical (unpaired) electrons. The maximum Gasteiger partial charge on any atom is 0.305 e. The number of halogens is 2. The summed E-state index contributed by atoms with van der Waals surface area (Å²) in [5, 5.41) is 0. The molecule has 3 aromatic rings. The molecule has 152 valence electrons. The highest BCUT2D eigenvalue weighted by molar-refractivity contribution is 5.76. The number of ether oxygens (including phenoxy) is 1. The van der Waals surface area contributed by atoms with E-state index in [-0.39, 0.29) is 17.6 Å². The maximum atomic E-state index is 13.3. The third-order valence-electron chi connectivity index (χ3n) is 4.47. The van der Waals surface area contributed by atoms with Crippen LogP contribution in [0.2, 0.25) is 0 Å². The predicted octanol–water partition coefficient (Wildman–Crippen LogP) is 5.95. The van der Waals surface area contributed by atoms with Gasteiger partial charge in [-0.05, 0) is 68.3 Å². The molecule has 0 atom stereocenters. The minimum absolute atomic E-state index is 0.180. The molecule has 6 heteroatoms. The number of hydrogen-bond donors (Lipinski definition) is 0. The second-order valence-corrected chi connectivity index (χ2v) is 6.66. The fourth-order valence-corrected chi connectivity index (χ4v) is 3.03. The summed E-state index contributed by atoms with van der Waals surface area (Å²) in [4.78, 5) is 16.0. The van der Waals surface area contributed by atoms with Crippen molar-refractivity contribution in [3.8, 4) is 22.6 Å². The van der Waals surface area contributed by atoms with Crippen molar-refractivity contribution in [1.82, 2.24) is 4.98 Å². The number of rotatable bonds is 9. The summed E-state index contributed by atoms with van der Waals surface area (Å²) < 4.78 is 37.5. The highest BCUT2D eigenvalue weighted by Crippen LogP contribution is 2.33. The molecule has 0 aliphatic rings. The monoisotopic (exact) mass is 399 g/mol. The van der Waals surface area contributed by atoms with Crippen LogP contribution in [0, 0.1) is 11.6 Å².